The number of rotatable bonds is 8. The third kappa shape index (κ3) is 4.84. The highest BCUT2D eigenvalue weighted by atomic mass is 35.5. The number of benzene rings is 3. The number of nitrogens with one attached hydrogen (secondary N) is 1. The first kappa shape index (κ1) is 25.7. The standard InChI is InChI=1S/C27H24ClF3N6O/c1-16-21-10-26(33-12-18-3-5-19(28)6-4-18)24(31)11-25(21)35-37(16)17(2)27(38,13-36-15-32-14-34-36)22-8-7-20(29)9-23(22)30/h3-11,14-15,17,33,38H,12-13H2,1-2H3/t17-,27-/m1/s1. The third-order valence-corrected chi connectivity index (χ3v) is 7.01. The van der Waals surface area contributed by atoms with Crippen molar-refractivity contribution in [3.63, 3.8) is 0 Å². The molecule has 2 N–H and O–H groups in total. The molecule has 2 aromatic heterocycles. The summed E-state index contributed by atoms with van der Waals surface area (Å²) >= 11 is 5.94. The molecule has 0 bridgehead atoms. The maximum absolute atomic E-state index is 15.0. The number of nitrogens with zero attached hydrogens (tertiary/aromatic N) is 5. The Hall–Kier alpha value is -3.89. The van der Waals surface area contributed by atoms with Crippen LogP contribution in [0.4, 0.5) is 18.9 Å². The van der Waals surface area contributed by atoms with Crippen LogP contribution in [0.3, 0.4) is 0 Å². The number of fused-ring (bicyclic) bond motifs is 1. The van der Waals surface area contributed by atoms with E-state index in [1.165, 1.54) is 34.2 Å². The second kappa shape index (κ2) is 10.1. The summed E-state index contributed by atoms with van der Waals surface area (Å²) < 4.78 is 46.5. The predicted octanol–water partition coefficient (Wildman–Crippen LogP) is 5.77. The number of aliphatic hydroxyl groups is 1. The Labute approximate surface area is 221 Å². The van der Waals surface area contributed by atoms with Gasteiger partial charge in [0.25, 0.3) is 0 Å². The summed E-state index contributed by atoms with van der Waals surface area (Å²) in [5.74, 6) is -2.17. The Bertz CT molecular complexity index is 1590. The molecule has 0 spiro atoms. The Balaban J connectivity index is 1.53. The summed E-state index contributed by atoms with van der Waals surface area (Å²) in [7, 11) is 0. The average molecular weight is 541 g/mol. The molecule has 0 aliphatic heterocycles. The molecule has 0 saturated heterocycles. The van der Waals surface area contributed by atoms with Crippen LogP contribution in [0.25, 0.3) is 10.9 Å². The van der Waals surface area contributed by atoms with Gasteiger partial charge in [0, 0.05) is 40.3 Å². The van der Waals surface area contributed by atoms with Crippen LogP contribution in [0.5, 0.6) is 0 Å². The molecule has 0 unspecified atom stereocenters. The van der Waals surface area contributed by atoms with E-state index >= 15 is 0 Å². The SMILES string of the molecule is Cc1c2cc(NCc3ccc(Cl)cc3)c(F)cc2nn1[C@H](C)[C@](O)(Cn1cncn1)c1ccc(F)cc1F. The molecule has 5 rings (SSSR count). The number of hydrogen-bond acceptors (Lipinski definition) is 5. The van der Waals surface area contributed by atoms with E-state index in [0.29, 0.717) is 28.2 Å². The number of anilines is 1. The van der Waals surface area contributed by atoms with Gasteiger partial charge in [-0.2, -0.15) is 10.2 Å². The molecule has 0 fully saturated rings. The Morgan fingerprint density at radius 3 is 2.50 bits per heavy atom. The van der Waals surface area contributed by atoms with E-state index in [2.05, 4.69) is 20.5 Å². The molecule has 2 atom stereocenters. The monoisotopic (exact) mass is 540 g/mol. The smallest absolute Gasteiger partial charge is 0.148 e. The minimum atomic E-state index is -1.91. The molecule has 3 aromatic carbocycles. The van der Waals surface area contributed by atoms with Crippen molar-refractivity contribution in [1.82, 2.24) is 24.5 Å². The van der Waals surface area contributed by atoms with E-state index in [4.69, 9.17) is 11.6 Å². The fourth-order valence-electron chi connectivity index (χ4n) is 4.61. The molecular formula is C27H24ClF3N6O. The van der Waals surface area contributed by atoms with Crippen molar-refractivity contribution in [2.75, 3.05) is 5.32 Å². The third-order valence-electron chi connectivity index (χ3n) is 6.76. The summed E-state index contributed by atoms with van der Waals surface area (Å²) in [6, 6.07) is 12.3. The quantitative estimate of drug-likeness (QED) is 0.261. The van der Waals surface area contributed by atoms with Gasteiger partial charge in [0.2, 0.25) is 0 Å². The molecule has 11 heteroatoms. The van der Waals surface area contributed by atoms with Crippen molar-refractivity contribution in [2.45, 2.75) is 38.6 Å². The van der Waals surface area contributed by atoms with Crippen molar-refractivity contribution < 1.29 is 18.3 Å². The van der Waals surface area contributed by atoms with Crippen LogP contribution in [-0.2, 0) is 18.7 Å². The van der Waals surface area contributed by atoms with Crippen molar-refractivity contribution in [3.05, 3.63) is 107 Å². The highest BCUT2D eigenvalue weighted by Crippen LogP contribution is 2.38. The van der Waals surface area contributed by atoms with Crippen LogP contribution in [0.2, 0.25) is 5.02 Å². The number of aryl methyl sites for hydroxylation is 1. The van der Waals surface area contributed by atoms with Crippen LogP contribution >= 0.6 is 11.6 Å². The first-order chi connectivity index (χ1) is 18.2. The number of hydrogen-bond donors (Lipinski definition) is 2. The first-order valence-electron chi connectivity index (χ1n) is 11.8. The molecule has 0 aliphatic carbocycles. The van der Waals surface area contributed by atoms with Gasteiger partial charge in [-0.15, -0.1) is 0 Å². The molecule has 5 aromatic rings. The van der Waals surface area contributed by atoms with Gasteiger partial charge in [0.15, 0.2) is 0 Å². The van der Waals surface area contributed by atoms with Gasteiger partial charge < -0.3 is 10.4 Å². The second-order valence-electron chi connectivity index (χ2n) is 9.18. The molecule has 0 radical (unpaired) electrons. The van der Waals surface area contributed by atoms with Crippen molar-refractivity contribution >= 4 is 28.2 Å². The first-order valence-corrected chi connectivity index (χ1v) is 12.2. The van der Waals surface area contributed by atoms with Crippen molar-refractivity contribution in [1.29, 1.82) is 0 Å². The van der Waals surface area contributed by atoms with E-state index < -0.39 is 29.1 Å². The highest BCUT2D eigenvalue weighted by Gasteiger charge is 2.41. The van der Waals surface area contributed by atoms with E-state index in [-0.39, 0.29) is 17.8 Å². The predicted molar refractivity (Wildman–Crippen MR) is 138 cm³/mol. The minimum absolute atomic E-state index is 0.127. The summed E-state index contributed by atoms with van der Waals surface area (Å²) in [5.41, 5.74) is 0.164. The lowest BCUT2D eigenvalue weighted by molar-refractivity contribution is -0.0372. The van der Waals surface area contributed by atoms with Gasteiger partial charge in [-0.05, 0) is 43.7 Å². The number of aromatic nitrogens is 5. The van der Waals surface area contributed by atoms with Gasteiger partial charge >= 0.3 is 0 Å². The minimum Gasteiger partial charge on any atom is -0.381 e. The number of halogens is 4. The molecule has 7 nitrogen and oxygen atoms in total. The van der Waals surface area contributed by atoms with Gasteiger partial charge in [-0.1, -0.05) is 29.8 Å². The average Bonchev–Trinajstić information content (AvgIpc) is 3.50. The van der Waals surface area contributed by atoms with E-state index in [1.807, 2.05) is 12.1 Å². The lowest BCUT2D eigenvalue weighted by Gasteiger charge is -2.35. The molecule has 0 amide bonds. The lowest BCUT2D eigenvalue weighted by Crippen LogP contribution is -2.41. The highest BCUT2D eigenvalue weighted by molar-refractivity contribution is 6.30. The summed E-state index contributed by atoms with van der Waals surface area (Å²) in [6.45, 7) is 3.64. The lowest BCUT2D eigenvalue weighted by atomic mass is 9.86. The Morgan fingerprint density at radius 2 is 1.82 bits per heavy atom. The molecule has 196 valence electrons. The van der Waals surface area contributed by atoms with Crippen LogP contribution in [0.15, 0.2) is 67.3 Å². The van der Waals surface area contributed by atoms with Crippen molar-refractivity contribution in [2.24, 2.45) is 0 Å². The van der Waals surface area contributed by atoms with Gasteiger partial charge in [0.1, 0.15) is 35.7 Å². The molecule has 0 saturated carbocycles. The Morgan fingerprint density at radius 1 is 1.05 bits per heavy atom. The van der Waals surface area contributed by atoms with E-state index in [9.17, 15) is 18.3 Å². The van der Waals surface area contributed by atoms with E-state index in [0.717, 1.165) is 17.7 Å². The zero-order valence-corrected chi connectivity index (χ0v) is 21.3. The fourth-order valence-corrected chi connectivity index (χ4v) is 4.73. The molecule has 38 heavy (non-hydrogen) atoms. The Kier molecular flexibility index (Phi) is 6.85. The molecule has 0 aliphatic rings. The molecular weight excluding hydrogens is 517 g/mol. The van der Waals surface area contributed by atoms with E-state index in [1.54, 1.807) is 32.0 Å². The summed E-state index contributed by atoms with van der Waals surface area (Å²) in [4.78, 5) is 3.89. The normalized spacial score (nSPS) is 14.0. The van der Waals surface area contributed by atoms with Crippen molar-refractivity contribution in [3.8, 4) is 0 Å². The van der Waals surface area contributed by atoms with Gasteiger partial charge in [-0.25, -0.2) is 22.8 Å². The van der Waals surface area contributed by atoms with Crippen LogP contribution in [-0.4, -0.2) is 29.7 Å². The molecule has 2 heterocycles. The summed E-state index contributed by atoms with van der Waals surface area (Å²) in [6.07, 6.45) is 2.68. The maximum atomic E-state index is 15.0. The summed E-state index contributed by atoms with van der Waals surface area (Å²) in [5, 5.41) is 24.9. The topological polar surface area (TPSA) is 80.8 Å². The zero-order valence-electron chi connectivity index (χ0n) is 20.5. The van der Waals surface area contributed by atoms with Gasteiger partial charge in [0.05, 0.1) is 23.8 Å². The zero-order chi connectivity index (χ0) is 27.0. The fraction of sp³-hybridized carbons (Fsp3) is 0.222. The van der Waals surface area contributed by atoms with Crippen LogP contribution in [0.1, 0.15) is 29.8 Å². The maximum Gasteiger partial charge on any atom is 0.148 e. The van der Waals surface area contributed by atoms with Crippen LogP contribution < -0.4 is 5.32 Å². The second-order valence-corrected chi connectivity index (χ2v) is 9.61. The van der Waals surface area contributed by atoms with Gasteiger partial charge in [-0.3, -0.25) is 4.68 Å². The van der Waals surface area contributed by atoms with Crippen LogP contribution in [0, 0.1) is 24.4 Å². The largest absolute Gasteiger partial charge is 0.381 e.